The van der Waals surface area contributed by atoms with Gasteiger partial charge < -0.3 is 5.32 Å². The van der Waals surface area contributed by atoms with Crippen LogP contribution in [0.1, 0.15) is 26.7 Å². The van der Waals surface area contributed by atoms with Crippen molar-refractivity contribution in [3.05, 3.63) is 24.3 Å². The Morgan fingerprint density at radius 1 is 1.16 bits per heavy atom. The lowest BCUT2D eigenvalue weighted by atomic mass is 9.84. The Bertz CT molecular complexity index is 484. The van der Waals surface area contributed by atoms with E-state index in [0.717, 1.165) is 25.1 Å². The minimum Gasteiger partial charge on any atom is -0.384 e. The van der Waals surface area contributed by atoms with Gasteiger partial charge in [-0.15, -0.1) is 11.6 Å². The molecule has 1 aromatic carbocycles. The first-order valence-corrected chi connectivity index (χ1v) is 8.89. The van der Waals surface area contributed by atoms with Gasteiger partial charge in [0.2, 0.25) is 0 Å². The van der Waals surface area contributed by atoms with E-state index < -0.39 is 9.84 Å². The summed E-state index contributed by atoms with van der Waals surface area (Å²) in [5, 5.41) is 3.34. The van der Waals surface area contributed by atoms with E-state index in [0.29, 0.717) is 10.8 Å². The third-order valence-corrected chi connectivity index (χ3v) is 5.43. The van der Waals surface area contributed by atoms with Gasteiger partial charge in [-0.2, -0.15) is 0 Å². The first kappa shape index (κ1) is 16.3. The van der Waals surface area contributed by atoms with Gasteiger partial charge in [-0.05, 0) is 37.1 Å². The highest BCUT2D eigenvalue weighted by molar-refractivity contribution is 7.90. The molecule has 19 heavy (non-hydrogen) atoms. The van der Waals surface area contributed by atoms with Crippen LogP contribution in [-0.2, 0) is 9.84 Å². The van der Waals surface area contributed by atoms with Gasteiger partial charge in [0, 0.05) is 29.8 Å². The molecule has 0 bridgehead atoms. The number of hydrogen-bond acceptors (Lipinski definition) is 3. The molecule has 0 spiro atoms. The molecule has 0 radical (unpaired) electrons. The van der Waals surface area contributed by atoms with Crippen molar-refractivity contribution in [3.8, 4) is 0 Å². The molecule has 0 unspecified atom stereocenters. The molecule has 1 aromatic rings. The molecule has 1 rings (SSSR count). The molecule has 5 heteroatoms. The van der Waals surface area contributed by atoms with Crippen molar-refractivity contribution < 1.29 is 8.42 Å². The second kappa shape index (κ2) is 6.62. The van der Waals surface area contributed by atoms with E-state index in [1.54, 1.807) is 24.3 Å². The minimum absolute atomic E-state index is 0.0943. The minimum atomic E-state index is -3.13. The molecule has 0 aliphatic heterocycles. The fourth-order valence-corrected chi connectivity index (χ4v) is 2.95. The van der Waals surface area contributed by atoms with Crippen molar-refractivity contribution >= 4 is 27.1 Å². The van der Waals surface area contributed by atoms with Crippen LogP contribution in [0.3, 0.4) is 0 Å². The number of benzene rings is 1. The van der Waals surface area contributed by atoms with Crippen molar-refractivity contribution in [1.82, 2.24) is 0 Å². The standard InChI is InChI=1S/C14H22ClNO2S/c1-4-14(5-2,10-15)11-16-12-6-8-13(9-7-12)19(3,17)18/h6-9,16H,4-5,10-11H2,1-3H3. The van der Waals surface area contributed by atoms with Gasteiger partial charge >= 0.3 is 0 Å². The Morgan fingerprint density at radius 3 is 2.05 bits per heavy atom. The van der Waals surface area contributed by atoms with Gasteiger partial charge in [0.15, 0.2) is 9.84 Å². The van der Waals surface area contributed by atoms with Gasteiger partial charge in [0.1, 0.15) is 0 Å². The van der Waals surface area contributed by atoms with Crippen molar-refractivity contribution in [2.75, 3.05) is 24.0 Å². The summed E-state index contributed by atoms with van der Waals surface area (Å²) in [6, 6.07) is 6.83. The van der Waals surface area contributed by atoms with E-state index in [-0.39, 0.29) is 5.41 Å². The van der Waals surface area contributed by atoms with Crippen LogP contribution in [-0.4, -0.2) is 27.1 Å². The Labute approximate surface area is 121 Å². The van der Waals surface area contributed by atoms with E-state index in [4.69, 9.17) is 11.6 Å². The molecule has 0 fully saturated rings. The number of nitrogens with one attached hydrogen (secondary N) is 1. The molecule has 0 aliphatic rings. The first-order valence-electron chi connectivity index (χ1n) is 6.47. The van der Waals surface area contributed by atoms with E-state index >= 15 is 0 Å². The maximum atomic E-state index is 11.4. The van der Waals surface area contributed by atoms with Gasteiger partial charge in [-0.3, -0.25) is 0 Å². The van der Waals surface area contributed by atoms with Crippen molar-refractivity contribution in [2.24, 2.45) is 5.41 Å². The van der Waals surface area contributed by atoms with Crippen molar-refractivity contribution in [2.45, 2.75) is 31.6 Å². The molecular formula is C14H22ClNO2S. The van der Waals surface area contributed by atoms with Gasteiger partial charge in [-0.1, -0.05) is 13.8 Å². The summed E-state index contributed by atoms with van der Waals surface area (Å²) in [7, 11) is -3.13. The summed E-state index contributed by atoms with van der Waals surface area (Å²) in [5.74, 6) is 0.619. The number of hydrogen-bond donors (Lipinski definition) is 1. The SMILES string of the molecule is CCC(CC)(CCl)CNc1ccc(S(C)(=O)=O)cc1. The van der Waals surface area contributed by atoms with Crippen LogP contribution in [0.25, 0.3) is 0 Å². The summed E-state index contributed by atoms with van der Waals surface area (Å²) < 4.78 is 22.7. The van der Waals surface area contributed by atoms with Gasteiger partial charge in [0.25, 0.3) is 0 Å². The maximum absolute atomic E-state index is 11.4. The smallest absolute Gasteiger partial charge is 0.175 e. The molecule has 0 heterocycles. The van der Waals surface area contributed by atoms with Crippen molar-refractivity contribution in [3.63, 3.8) is 0 Å². The van der Waals surface area contributed by atoms with Gasteiger partial charge in [-0.25, -0.2) is 8.42 Å². The zero-order valence-electron chi connectivity index (χ0n) is 11.7. The Morgan fingerprint density at radius 2 is 1.68 bits per heavy atom. The largest absolute Gasteiger partial charge is 0.384 e. The molecule has 0 aliphatic carbocycles. The third kappa shape index (κ3) is 4.39. The Kier molecular flexibility index (Phi) is 5.68. The zero-order valence-corrected chi connectivity index (χ0v) is 13.3. The van der Waals surface area contributed by atoms with Crippen LogP contribution in [0.4, 0.5) is 5.69 Å². The summed E-state index contributed by atoms with van der Waals surface area (Å²) in [6.07, 6.45) is 3.24. The molecular weight excluding hydrogens is 282 g/mol. The summed E-state index contributed by atoms with van der Waals surface area (Å²) in [5.41, 5.74) is 1.01. The van der Waals surface area contributed by atoms with Crippen molar-refractivity contribution in [1.29, 1.82) is 0 Å². The predicted octanol–water partition coefficient (Wildman–Crippen LogP) is 3.55. The van der Waals surface area contributed by atoms with Crippen LogP contribution < -0.4 is 5.32 Å². The number of rotatable bonds is 7. The lowest BCUT2D eigenvalue weighted by Crippen LogP contribution is -2.30. The number of halogens is 1. The monoisotopic (exact) mass is 303 g/mol. The highest BCUT2D eigenvalue weighted by atomic mass is 35.5. The number of alkyl halides is 1. The topological polar surface area (TPSA) is 46.2 Å². The molecule has 0 atom stereocenters. The van der Waals surface area contributed by atoms with Crippen LogP contribution >= 0.6 is 11.6 Å². The van der Waals surface area contributed by atoms with E-state index in [9.17, 15) is 8.42 Å². The molecule has 0 aromatic heterocycles. The Balaban J connectivity index is 2.74. The van der Waals surface area contributed by atoms with Crippen LogP contribution in [0.15, 0.2) is 29.2 Å². The summed E-state index contributed by atoms with van der Waals surface area (Å²) >= 11 is 6.06. The first-order chi connectivity index (χ1) is 8.87. The number of sulfone groups is 1. The second-order valence-corrected chi connectivity index (χ2v) is 7.27. The molecule has 3 nitrogen and oxygen atoms in total. The normalized spacial score (nSPS) is 12.4. The summed E-state index contributed by atoms with van der Waals surface area (Å²) in [4.78, 5) is 0.340. The predicted molar refractivity (Wildman–Crippen MR) is 81.8 cm³/mol. The van der Waals surface area contributed by atoms with Crippen LogP contribution in [0.5, 0.6) is 0 Å². The molecule has 0 saturated heterocycles. The van der Waals surface area contributed by atoms with Crippen LogP contribution in [0, 0.1) is 5.41 Å². The number of anilines is 1. The second-order valence-electron chi connectivity index (χ2n) is 4.99. The molecule has 0 saturated carbocycles. The molecule has 108 valence electrons. The molecule has 1 N–H and O–H groups in total. The van der Waals surface area contributed by atoms with E-state index in [1.807, 2.05) is 0 Å². The average Bonchev–Trinajstić information content (AvgIpc) is 2.40. The van der Waals surface area contributed by atoms with E-state index in [1.165, 1.54) is 6.26 Å². The lowest BCUT2D eigenvalue weighted by molar-refractivity contribution is 0.327. The third-order valence-electron chi connectivity index (χ3n) is 3.73. The summed E-state index contributed by atoms with van der Waals surface area (Å²) in [6.45, 7) is 5.07. The fraction of sp³-hybridized carbons (Fsp3) is 0.571. The zero-order chi connectivity index (χ0) is 14.5. The average molecular weight is 304 g/mol. The Hall–Kier alpha value is -0.740. The fourth-order valence-electron chi connectivity index (χ4n) is 1.85. The van der Waals surface area contributed by atoms with Crippen LogP contribution in [0.2, 0.25) is 0 Å². The van der Waals surface area contributed by atoms with E-state index in [2.05, 4.69) is 19.2 Å². The highest BCUT2D eigenvalue weighted by Gasteiger charge is 2.24. The van der Waals surface area contributed by atoms with Gasteiger partial charge in [0.05, 0.1) is 4.90 Å². The lowest BCUT2D eigenvalue weighted by Gasteiger charge is -2.29. The highest BCUT2D eigenvalue weighted by Crippen LogP contribution is 2.28. The maximum Gasteiger partial charge on any atom is 0.175 e. The molecule has 0 amide bonds. The quantitative estimate of drug-likeness (QED) is 0.784.